The number of rotatable bonds is 4. The summed E-state index contributed by atoms with van der Waals surface area (Å²) in [6.45, 7) is 2.43. The van der Waals surface area contributed by atoms with E-state index in [4.69, 9.17) is 11.5 Å². The molecule has 2 aromatic rings. The van der Waals surface area contributed by atoms with Crippen LogP contribution in [0.5, 0.6) is 0 Å². The summed E-state index contributed by atoms with van der Waals surface area (Å²) in [5.41, 5.74) is 14.5. The molecule has 0 bridgehead atoms. The van der Waals surface area contributed by atoms with Gasteiger partial charge in [-0.3, -0.25) is 9.78 Å². The number of carbonyl (C=O) groups excluding carboxylic acids is 1. The van der Waals surface area contributed by atoms with Crippen molar-refractivity contribution in [2.24, 2.45) is 5.73 Å². The minimum absolute atomic E-state index is 0.418. The summed E-state index contributed by atoms with van der Waals surface area (Å²) < 4.78 is 0. The zero-order chi connectivity index (χ0) is 13.8. The molecule has 1 aromatic heterocycles. The van der Waals surface area contributed by atoms with Gasteiger partial charge in [-0.05, 0) is 37.3 Å². The maximum Gasteiger partial charge on any atom is 0.250 e. The van der Waals surface area contributed by atoms with E-state index in [1.54, 1.807) is 18.2 Å². The number of primary amides is 1. The molecule has 0 aliphatic carbocycles. The summed E-state index contributed by atoms with van der Waals surface area (Å²) in [4.78, 5) is 15.7. The van der Waals surface area contributed by atoms with E-state index in [1.807, 2.05) is 25.1 Å². The summed E-state index contributed by atoms with van der Waals surface area (Å²) in [5, 5.41) is 3.14. The van der Waals surface area contributed by atoms with Gasteiger partial charge in [0.15, 0.2) is 0 Å². The van der Waals surface area contributed by atoms with Crippen LogP contribution in [0.4, 0.5) is 11.4 Å². The van der Waals surface area contributed by atoms with Crippen molar-refractivity contribution in [3.63, 3.8) is 0 Å². The van der Waals surface area contributed by atoms with Crippen molar-refractivity contribution in [3.05, 3.63) is 53.3 Å². The normalized spacial score (nSPS) is 10.2. The number of benzene rings is 1. The van der Waals surface area contributed by atoms with Gasteiger partial charge in [-0.25, -0.2) is 0 Å². The smallest absolute Gasteiger partial charge is 0.250 e. The van der Waals surface area contributed by atoms with Gasteiger partial charge in [-0.1, -0.05) is 6.07 Å². The number of pyridine rings is 1. The monoisotopic (exact) mass is 256 g/mol. The van der Waals surface area contributed by atoms with E-state index in [9.17, 15) is 4.79 Å². The Bertz CT molecular complexity index is 610. The number of hydrogen-bond acceptors (Lipinski definition) is 4. The number of aryl methyl sites for hydroxylation is 1. The largest absolute Gasteiger partial charge is 0.399 e. The molecule has 0 fully saturated rings. The molecule has 19 heavy (non-hydrogen) atoms. The highest BCUT2D eigenvalue weighted by molar-refractivity contribution is 5.99. The first-order chi connectivity index (χ1) is 9.06. The van der Waals surface area contributed by atoms with Gasteiger partial charge >= 0.3 is 0 Å². The molecule has 1 heterocycles. The van der Waals surface area contributed by atoms with Crippen LogP contribution in [0, 0.1) is 6.92 Å². The first-order valence-electron chi connectivity index (χ1n) is 5.92. The number of nitrogens with one attached hydrogen (secondary N) is 1. The molecule has 2 rings (SSSR count). The fourth-order valence-electron chi connectivity index (χ4n) is 1.81. The quantitative estimate of drug-likeness (QED) is 0.725. The zero-order valence-electron chi connectivity index (χ0n) is 10.7. The third-order valence-electron chi connectivity index (χ3n) is 2.72. The van der Waals surface area contributed by atoms with E-state index in [0.717, 1.165) is 11.4 Å². The predicted molar refractivity (Wildman–Crippen MR) is 75.7 cm³/mol. The summed E-state index contributed by atoms with van der Waals surface area (Å²) in [6, 6.07) is 10.7. The molecule has 5 nitrogen and oxygen atoms in total. The molecule has 0 aliphatic heterocycles. The third kappa shape index (κ3) is 3.22. The Kier molecular flexibility index (Phi) is 3.66. The van der Waals surface area contributed by atoms with E-state index in [1.165, 1.54) is 0 Å². The molecule has 0 unspecified atom stereocenters. The van der Waals surface area contributed by atoms with Gasteiger partial charge in [-0.2, -0.15) is 0 Å². The van der Waals surface area contributed by atoms with Crippen molar-refractivity contribution < 1.29 is 4.79 Å². The van der Waals surface area contributed by atoms with Crippen LogP contribution in [0.15, 0.2) is 36.4 Å². The van der Waals surface area contributed by atoms with Crippen molar-refractivity contribution in [3.8, 4) is 0 Å². The second kappa shape index (κ2) is 5.39. The van der Waals surface area contributed by atoms with Gasteiger partial charge in [0.25, 0.3) is 5.91 Å². The number of hydrogen-bond donors (Lipinski definition) is 3. The SMILES string of the molecule is Cc1cccc(CNc2cc(N)ccc2C(N)=O)n1. The fraction of sp³-hybridized carbons (Fsp3) is 0.143. The van der Waals surface area contributed by atoms with E-state index in [-0.39, 0.29) is 0 Å². The van der Waals surface area contributed by atoms with Crippen LogP contribution in [0.25, 0.3) is 0 Å². The number of aromatic nitrogens is 1. The molecule has 0 saturated carbocycles. The Morgan fingerprint density at radius 1 is 1.32 bits per heavy atom. The van der Waals surface area contributed by atoms with E-state index >= 15 is 0 Å². The Balaban J connectivity index is 2.19. The summed E-state index contributed by atoms with van der Waals surface area (Å²) in [5.74, 6) is -0.486. The molecular formula is C14H16N4O. The molecule has 5 heteroatoms. The first-order valence-corrected chi connectivity index (χ1v) is 5.92. The van der Waals surface area contributed by atoms with E-state index in [0.29, 0.717) is 23.5 Å². The van der Waals surface area contributed by atoms with Gasteiger partial charge in [0.2, 0.25) is 0 Å². The van der Waals surface area contributed by atoms with Crippen molar-refractivity contribution in [2.45, 2.75) is 13.5 Å². The molecule has 1 amide bonds. The number of amides is 1. The predicted octanol–water partition coefficient (Wildman–Crippen LogP) is 1.68. The van der Waals surface area contributed by atoms with Crippen LogP contribution in [0.2, 0.25) is 0 Å². The molecule has 0 spiro atoms. The Morgan fingerprint density at radius 2 is 2.11 bits per heavy atom. The number of nitrogen functional groups attached to an aromatic ring is 1. The average molecular weight is 256 g/mol. The van der Waals surface area contributed by atoms with Crippen LogP contribution in [0.1, 0.15) is 21.7 Å². The number of nitrogens with zero attached hydrogens (tertiary/aromatic N) is 1. The lowest BCUT2D eigenvalue weighted by molar-refractivity contribution is 0.100. The molecule has 1 aromatic carbocycles. The van der Waals surface area contributed by atoms with Crippen molar-refractivity contribution in [2.75, 3.05) is 11.1 Å². The third-order valence-corrected chi connectivity index (χ3v) is 2.72. The summed E-state index contributed by atoms with van der Waals surface area (Å²) in [6.07, 6.45) is 0. The molecule has 5 N–H and O–H groups in total. The Morgan fingerprint density at radius 3 is 2.79 bits per heavy atom. The molecule has 0 aliphatic rings. The van der Waals surface area contributed by atoms with E-state index < -0.39 is 5.91 Å². The van der Waals surface area contributed by atoms with Crippen LogP contribution in [-0.2, 0) is 6.54 Å². The van der Waals surface area contributed by atoms with Crippen LogP contribution >= 0.6 is 0 Å². The maximum absolute atomic E-state index is 11.3. The standard InChI is InChI=1S/C14H16N4O/c1-9-3-2-4-11(18-9)8-17-13-7-10(15)5-6-12(13)14(16)19/h2-7,17H,8,15H2,1H3,(H2,16,19). The maximum atomic E-state index is 11.3. The first kappa shape index (κ1) is 12.9. The lowest BCUT2D eigenvalue weighted by Crippen LogP contribution is -2.15. The molecule has 98 valence electrons. The van der Waals surface area contributed by atoms with Gasteiger partial charge < -0.3 is 16.8 Å². The lowest BCUT2D eigenvalue weighted by Gasteiger charge is -2.11. The lowest BCUT2D eigenvalue weighted by atomic mass is 10.1. The number of carbonyl (C=O) groups is 1. The van der Waals surface area contributed by atoms with Gasteiger partial charge in [0.05, 0.1) is 17.8 Å². The molecule has 0 saturated heterocycles. The summed E-state index contributed by atoms with van der Waals surface area (Å²) in [7, 11) is 0. The average Bonchev–Trinajstić information content (AvgIpc) is 2.36. The highest BCUT2D eigenvalue weighted by Crippen LogP contribution is 2.19. The molecule has 0 atom stereocenters. The number of anilines is 2. The zero-order valence-corrected chi connectivity index (χ0v) is 10.7. The summed E-state index contributed by atoms with van der Waals surface area (Å²) >= 11 is 0. The Hall–Kier alpha value is -2.56. The Labute approximate surface area is 111 Å². The fourth-order valence-corrected chi connectivity index (χ4v) is 1.81. The topological polar surface area (TPSA) is 94.0 Å². The van der Waals surface area contributed by atoms with Crippen molar-refractivity contribution in [1.29, 1.82) is 0 Å². The highest BCUT2D eigenvalue weighted by Gasteiger charge is 2.08. The van der Waals surface area contributed by atoms with Gasteiger partial charge in [0, 0.05) is 17.1 Å². The number of nitrogens with two attached hydrogens (primary N) is 2. The minimum atomic E-state index is -0.486. The van der Waals surface area contributed by atoms with Gasteiger partial charge in [0.1, 0.15) is 0 Å². The van der Waals surface area contributed by atoms with Crippen LogP contribution in [0.3, 0.4) is 0 Å². The second-order valence-corrected chi connectivity index (χ2v) is 4.29. The van der Waals surface area contributed by atoms with Crippen LogP contribution in [-0.4, -0.2) is 10.9 Å². The minimum Gasteiger partial charge on any atom is -0.399 e. The van der Waals surface area contributed by atoms with Crippen molar-refractivity contribution >= 4 is 17.3 Å². The van der Waals surface area contributed by atoms with Crippen LogP contribution < -0.4 is 16.8 Å². The molecule has 0 radical (unpaired) electrons. The molecular weight excluding hydrogens is 240 g/mol. The second-order valence-electron chi connectivity index (χ2n) is 4.29. The van der Waals surface area contributed by atoms with E-state index in [2.05, 4.69) is 10.3 Å². The van der Waals surface area contributed by atoms with Gasteiger partial charge in [-0.15, -0.1) is 0 Å². The van der Waals surface area contributed by atoms with Crippen molar-refractivity contribution in [1.82, 2.24) is 4.98 Å². The highest BCUT2D eigenvalue weighted by atomic mass is 16.1.